The Labute approximate surface area is 178 Å². The Morgan fingerprint density at radius 3 is 2.85 bits per heavy atom. The fourth-order valence-corrected chi connectivity index (χ4v) is 8.09. The number of rotatable bonds is 5. The summed E-state index contributed by atoms with van der Waals surface area (Å²) in [7, 11) is 0. The molecule has 0 N–H and O–H groups in total. The lowest BCUT2D eigenvalue weighted by atomic mass is 9.47. The molecule has 2 nitrogen and oxygen atoms in total. The summed E-state index contributed by atoms with van der Waals surface area (Å²) in [5.41, 5.74) is 1.81. The number of ether oxygens (including phenoxy) is 1. The smallest absolute Gasteiger partial charge is 0.155 e. The SMILES string of the molecule is C=CC1CC2=CC(=O)CCC2C2CCC3(CC)C(CCC3(C)OCCI)C12. The van der Waals surface area contributed by atoms with Gasteiger partial charge in [0.05, 0.1) is 12.2 Å². The molecule has 0 aromatic heterocycles. The van der Waals surface area contributed by atoms with Crippen LogP contribution in [0.15, 0.2) is 24.3 Å². The maximum Gasteiger partial charge on any atom is 0.155 e. The Hall–Kier alpha value is -0.160. The van der Waals surface area contributed by atoms with E-state index < -0.39 is 0 Å². The van der Waals surface area contributed by atoms with Crippen LogP contribution in [-0.4, -0.2) is 22.4 Å². The molecule has 0 aromatic rings. The summed E-state index contributed by atoms with van der Waals surface area (Å²) in [6.45, 7) is 9.93. The van der Waals surface area contributed by atoms with E-state index in [0.717, 1.165) is 48.1 Å². The summed E-state index contributed by atoms with van der Waals surface area (Å²) in [5.74, 6) is 3.77. The van der Waals surface area contributed by atoms with Crippen molar-refractivity contribution in [3.05, 3.63) is 24.3 Å². The maximum absolute atomic E-state index is 12.0. The normalized spacial score (nSPS) is 46.3. The first kappa shape index (κ1) is 20.1. The monoisotopic (exact) mass is 482 g/mol. The number of hydrogen-bond donors (Lipinski definition) is 0. The van der Waals surface area contributed by atoms with E-state index in [1.807, 2.05) is 6.08 Å². The molecule has 0 bridgehead atoms. The van der Waals surface area contributed by atoms with Crippen molar-refractivity contribution in [3.8, 4) is 0 Å². The first-order chi connectivity index (χ1) is 13.0. The number of halogens is 1. The highest BCUT2D eigenvalue weighted by Crippen LogP contribution is 2.68. The summed E-state index contributed by atoms with van der Waals surface area (Å²) in [4.78, 5) is 12.0. The Balaban J connectivity index is 1.69. The van der Waals surface area contributed by atoms with Gasteiger partial charge in [-0.2, -0.15) is 0 Å². The van der Waals surface area contributed by atoms with Crippen molar-refractivity contribution in [1.82, 2.24) is 0 Å². The van der Waals surface area contributed by atoms with Crippen LogP contribution in [0.1, 0.15) is 65.2 Å². The van der Waals surface area contributed by atoms with Gasteiger partial charge < -0.3 is 4.74 Å². The first-order valence-electron chi connectivity index (χ1n) is 11.1. The van der Waals surface area contributed by atoms with Crippen LogP contribution < -0.4 is 0 Å². The molecule has 0 saturated heterocycles. The number of ketones is 1. The second-order valence-corrected chi connectivity index (χ2v) is 10.7. The van der Waals surface area contributed by atoms with Crippen molar-refractivity contribution in [3.63, 3.8) is 0 Å². The van der Waals surface area contributed by atoms with E-state index in [4.69, 9.17) is 4.74 Å². The van der Waals surface area contributed by atoms with Gasteiger partial charge in [-0.1, -0.05) is 41.2 Å². The quantitative estimate of drug-likeness (QED) is 0.267. The molecule has 4 rings (SSSR count). The molecule has 27 heavy (non-hydrogen) atoms. The molecule has 0 radical (unpaired) electrons. The van der Waals surface area contributed by atoms with E-state index in [2.05, 4.69) is 49.1 Å². The van der Waals surface area contributed by atoms with Gasteiger partial charge in [-0.15, -0.1) is 6.58 Å². The first-order valence-corrected chi connectivity index (χ1v) is 12.6. The fraction of sp³-hybridized carbons (Fsp3) is 0.792. The summed E-state index contributed by atoms with van der Waals surface area (Å²) < 4.78 is 7.66. The van der Waals surface area contributed by atoms with E-state index in [-0.39, 0.29) is 5.60 Å². The van der Waals surface area contributed by atoms with Crippen LogP contribution in [0.25, 0.3) is 0 Å². The van der Waals surface area contributed by atoms with Gasteiger partial charge in [-0.25, -0.2) is 0 Å². The Morgan fingerprint density at radius 1 is 1.33 bits per heavy atom. The van der Waals surface area contributed by atoms with Crippen molar-refractivity contribution in [2.45, 2.75) is 70.8 Å². The Morgan fingerprint density at radius 2 is 2.15 bits per heavy atom. The lowest BCUT2D eigenvalue weighted by Gasteiger charge is -2.59. The topological polar surface area (TPSA) is 26.3 Å². The molecule has 0 aromatic carbocycles. The molecule has 3 fully saturated rings. The summed E-state index contributed by atoms with van der Waals surface area (Å²) in [6, 6.07) is 0. The minimum absolute atomic E-state index is 0.0346. The van der Waals surface area contributed by atoms with Crippen LogP contribution in [-0.2, 0) is 9.53 Å². The molecule has 4 aliphatic carbocycles. The van der Waals surface area contributed by atoms with Gasteiger partial charge in [-0.3, -0.25) is 4.79 Å². The summed E-state index contributed by atoms with van der Waals surface area (Å²) in [5, 5.41) is 0. The van der Waals surface area contributed by atoms with Crippen molar-refractivity contribution < 1.29 is 9.53 Å². The standard InChI is InChI=1S/C24H35IO2/c1-4-16-14-17-15-18(26)6-7-19(17)20-8-11-24(5-2)21(22(16)20)9-10-23(24,3)27-13-12-25/h4,15-16,19-22H,1,5-14H2,2-3H3. The molecule has 3 heteroatoms. The van der Waals surface area contributed by atoms with E-state index in [0.29, 0.717) is 23.0 Å². The van der Waals surface area contributed by atoms with Crippen LogP contribution in [0.5, 0.6) is 0 Å². The minimum Gasteiger partial charge on any atom is -0.374 e. The predicted molar refractivity (Wildman–Crippen MR) is 119 cm³/mol. The number of alkyl halides is 1. The Bertz CT molecular complexity index is 640. The van der Waals surface area contributed by atoms with Gasteiger partial charge in [0, 0.05) is 16.3 Å². The third-order valence-electron chi connectivity index (χ3n) is 9.02. The van der Waals surface area contributed by atoms with Gasteiger partial charge in [0.1, 0.15) is 0 Å². The number of fused-ring (bicyclic) bond motifs is 5. The zero-order valence-electron chi connectivity index (χ0n) is 17.0. The molecule has 4 aliphatic rings. The molecular formula is C24H35IO2. The van der Waals surface area contributed by atoms with Crippen LogP contribution in [0.3, 0.4) is 0 Å². The molecule has 0 spiro atoms. The van der Waals surface area contributed by atoms with Crippen LogP contribution >= 0.6 is 22.6 Å². The highest BCUT2D eigenvalue weighted by Gasteiger charge is 2.64. The third-order valence-corrected chi connectivity index (χ3v) is 9.46. The van der Waals surface area contributed by atoms with Crippen LogP contribution in [0.2, 0.25) is 0 Å². The van der Waals surface area contributed by atoms with Crippen molar-refractivity contribution in [2.24, 2.45) is 35.0 Å². The summed E-state index contributed by atoms with van der Waals surface area (Å²) >= 11 is 2.43. The zero-order valence-corrected chi connectivity index (χ0v) is 19.2. The van der Waals surface area contributed by atoms with E-state index in [9.17, 15) is 4.79 Å². The van der Waals surface area contributed by atoms with Gasteiger partial charge in [0.25, 0.3) is 0 Å². The van der Waals surface area contributed by atoms with Gasteiger partial charge in [0.15, 0.2) is 5.78 Å². The average Bonchev–Trinajstić information content (AvgIpc) is 2.98. The molecule has 0 heterocycles. The fourth-order valence-electron chi connectivity index (χ4n) is 7.87. The van der Waals surface area contributed by atoms with Crippen LogP contribution in [0.4, 0.5) is 0 Å². The molecule has 150 valence electrons. The molecule has 7 atom stereocenters. The van der Waals surface area contributed by atoms with E-state index in [1.165, 1.54) is 37.7 Å². The lowest BCUT2D eigenvalue weighted by Crippen LogP contribution is -2.55. The van der Waals surface area contributed by atoms with Crippen molar-refractivity contribution in [1.29, 1.82) is 0 Å². The van der Waals surface area contributed by atoms with E-state index in [1.54, 1.807) is 0 Å². The second kappa shape index (κ2) is 7.59. The van der Waals surface area contributed by atoms with Crippen molar-refractivity contribution in [2.75, 3.05) is 11.0 Å². The largest absolute Gasteiger partial charge is 0.374 e. The van der Waals surface area contributed by atoms with E-state index >= 15 is 0 Å². The zero-order chi connectivity index (χ0) is 19.2. The lowest BCUT2D eigenvalue weighted by molar-refractivity contribution is -0.155. The van der Waals surface area contributed by atoms with Gasteiger partial charge in [-0.05, 0) is 87.5 Å². The number of allylic oxidation sites excluding steroid dienone is 2. The maximum atomic E-state index is 12.0. The number of carbonyl (C=O) groups is 1. The molecular weight excluding hydrogens is 447 g/mol. The molecule has 7 unspecified atom stereocenters. The number of hydrogen-bond acceptors (Lipinski definition) is 2. The molecule has 3 saturated carbocycles. The highest BCUT2D eigenvalue weighted by molar-refractivity contribution is 14.1. The van der Waals surface area contributed by atoms with Gasteiger partial charge >= 0.3 is 0 Å². The average molecular weight is 482 g/mol. The van der Waals surface area contributed by atoms with Gasteiger partial charge in [0.2, 0.25) is 0 Å². The molecule has 0 aliphatic heterocycles. The predicted octanol–water partition coefficient (Wildman–Crippen LogP) is 6.14. The van der Waals surface area contributed by atoms with Crippen LogP contribution in [0, 0.1) is 35.0 Å². The highest BCUT2D eigenvalue weighted by atomic mass is 127. The van der Waals surface area contributed by atoms with Crippen molar-refractivity contribution >= 4 is 28.4 Å². The number of carbonyl (C=O) groups excluding carboxylic acids is 1. The third kappa shape index (κ3) is 3.01. The molecule has 0 amide bonds. The minimum atomic E-state index is 0.0346. The Kier molecular flexibility index (Phi) is 5.66. The summed E-state index contributed by atoms with van der Waals surface area (Å²) in [6.07, 6.45) is 13.5. The second-order valence-electron chi connectivity index (χ2n) is 9.64.